The summed E-state index contributed by atoms with van der Waals surface area (Å²) in [5.74, 6) is -1.80. The van der Waals surface area contributed by atoms with Crippen molar-refractivity contribution < 1.29 is 22.7 Å². The second-order valence-corrected chi connectivity index (χ2v) is 2.91. The molecular weight excluding hydrogens is 173 g/mol. The Kier molecular flexibility index (Phi) is 2.41. The van der Waals surface area contributed by atoms with Crippen molar-refractivity contribution in [2.24, 2.45) is 5.92 Å². The molecule has 1 rings (SSSR count). The lowest BCUT2D eigenvalue weighted by Gasteiger charge is -2.11. The number of ketones is 1. The number of rotatable bonds is 1. The van der Waals surface area contributed by atoms with Gasteiger partial charge in [-0.1, -0.05) is 0 Å². The highest BCUT2D eigenvalue weighted by Gasteiger charge is 2.45. The van der Waals surface area contributed by atoms with Crippen LogP contribution in [0.1, 0.15) is 13.3 Å². The molecule has 1 aliphatic heterocycles. The Bertz CT molecular complexity index is 188. The van der Waals surface area contributed by atoms with E-state index in [1.165, 1.54) is 6.92 Å². The smallest absolute Gasteiger partial charge is 0.370 e. The van der Waals surface area contributed by atoms with Gasteiger partial charge < -0.3 is 4.74 Å². The van der Waals surface area contributed by atoms with Gasteiger partial charge in [-0.05, 0) is 13.3 Å². The van der Waals surface area contributed by atoms with Crippen LogP contribution < -0.4 is 0 Å². The van der Waals surface area contributed by atoms with Gasteiger partial charge in [-0.25, -0.2) is 0 Å². The van der Waals surface area contributed by atoms with E-state index < -0.39 is 18.2 Å². The van der Waals surface area contributed by atoms with Gasteiger partial charge in [-0.2, -0.15) is 13.2 Å². The zero-order valence-corrected chi connectivity index (χ0v) is 6.52. The molecule has 1 saturated heterocycles. The minimum Gasteiger partial charge on any atom is -0.370 e. The molecule has 0 aromatic carbocycles. The van der Waals surface area contributed by atoms with Crippen molar-refractivity contribution in [3.05, 3.63) is 0 Å². The Hall–Kier alpha value is -0.580. The Morgan fingerprint density at radius 1 is 1.50 bits per heavy atom. The molecule has 0 spiro atoms. The number of hydrogen-bond acceptors (Lipinski definition) is 2. The maximum atomic E-state index is 12.0. The Morgan fingerprint density at radius 3 is 2.33 bits per heavy atom. The van der Waals surface area contributed by atoms with Crippen molar-refractivity contribution in [3.8, 4) is 0 Å². The second kappa shape index (κ2) is 3.05. The molecule has 12 heavy (non-hydrogen) atoms. The Morgan fingerprint density at radius 2 is 2.08 bits per heavy atom. The maximum Gasteiger partial charge on any atom is 0.394 e. The van der Waals surface area contributed by atoms with Crippen LogP contribution in [-0.4, -0.2) is 24.7 Å². The van der Waals surface area contributed by atoms with Crippen LogP contribution in [0.2, 0.25) is 0 Å². The van der Waals surface area contributed by atoms with E-state index in [1.807, 2.05) is 0 Å². The van der Waals surface area contributed by atoms with Crippen LogP contribution in [0, 0.1) is 5.92 Å². The number of ether oxygens (including phenoxy) is 1. The topological polar surface area (TPSA) is 26.3 Å². The molecular formula is C7H9F3O2. The normalized spacial score (nSPS) is 30.7. The summed E-state index contributed by atoms with van der Waals surface area (Å²) in [5, 5.41) is 0. The van der Waals surface area contributed by atoms with Gasteiger partial charge in [-0.3, -0.25) is 4.79 Å². The fourth-order valence-electron chi connectivity index (χ4n) is 1.14. The summed E-state index contributed by atoms with van der Waals surface area (Å²) in [4.78, 5) is 10.6. The molecule has 1 fully saturated rings. The summed E-state index contributed by atoms with van der Waals surface area (Å²) >= 11 is 0. The average Bonchev–Trinajstić information content (AvgIpc) is 2.30. The summed E-state index contributed by atoms with van der Waals surface area (Å²) in [7, 11) is 0. The molecule has 2 atom stereocenters. The van der Waals surface area contributed by atoms with Crippen molar-refractivity contribution in [3.63, 3.8) is 0 Å². The zero-order chi connectivity index (χ0) is 9.35. The predicted octanol–water partition coefficient (Wildman–Crippen LogP) is 1.54. The first kappa shape index (κ1) is 9.51. The van der Waals surface area contributed by atoms with Crippen LogP contribution in [0.25, 0.3) is 0 Å². The third-order valence-electron chi connectivity index (χ3n) is 1.91. The van der Waals surface area contributed by atoms with Crippen molar-refractivity contribution in [1.29, 1.82) is 0 Å². The summed E-state index contributed by atoms with van der Waals surface area (Å²) in [6, 6.07) is 0. The quantitative estimate of drug-likeness (QED) is 0.614. The summed E-state index contributed by atoms with van der Waals surface area (Å²) in [5.41, 5.74) is 0. The highest BCUT2D eigenvalue weighted by atomic mass is 19.4. The molecule has 0 N–H and O–H groups in total. The van der Waals surface area contributed by atoms with Gasteiger partial charge >= 0.3 is 6.18 Å². The molecule has 2 nitrogen and oxygen atoms in total. The minimum atomic E-state index is -4.23. The van der Waals surface area contributed by atoms with Gasteiger partial charge in [0.25, 0.3) is 0 Å². The second-order valence-electron chi connectivity index (χ2n) is 2.91. The number of alkyl halides is 3. The Balaban J connectivity index is 2.51. The van der Waals surface area contributed by atoms with Crippen LogP contribution in [0.3, 0.4) is 0 Å². The van der Waals surface area contributed by atoms with E-state index in [-0.39, 0.29) is 18.8 Å². The van der Waals surface area contributed by atoms with Crippen molar-refractivity contribution in [2.75, 3.05) is 6.61 Å². The van der Waals surface area contributed by atoms with Gasteiger partial charge in [0.1, 0.15) is 6.10 Å². The molecule has 0 amide bonds. The van der Waals surface area contributed by atoms with E-state index in [0.717, 1.165) is 0 Å². The van der Waals surface area contributed by atoms with Gasteiger partial charge in [0, 0.05) is 0 Å². The van der Waals surface area contributed by atoms with Crippen molar-refractivity contribution in [1.82, 2.24) is 0 Å². The summed E-state index contributed by atoms with van der Waals surface area (Å²) < 4.78 is 40.7. The van der Waals surface area contributed by atoms with Crippen LogP contribution in [0.4, 0.5) is 13.2 Å². The van der Waals surface area contributed by atoms with E-state index >= 15 is 0 Å². The van der Waals surface area contributed by atoms with Crippen LogP contribution in [0.5, 0.6) is 0 Å². The Labute approximate surface area is 67.7 Å². The molecule has 0 bridgehead atoms. The number of halogens is 3. The lowest BCUT2D eigenvalue weighted by Crippen LogP contribution is -2.23. The highest BCUT2D eigenvalue weighted by Crippen LogP contribution is 2.34. The van der Waals surface area contributed by atoms with E-state index in [1.54, 1.807) is 0 Å². The first-order valence-corrected chi connectivity index (χ1v) is 3.60. The van der Waals surface area contributed by atoms with Crippen LogP contribution in [0.15, 0.2) is 0 Å². The average molecular weight is 182 g/mol. The first-order chi connectivity index (χ1) is 5.41. The van der Waals surface area contributed by atoms with Gasteiger partial charge in [0.05, 0.1) is 12.5 Å². The number of Topliss-reactive ketones (excluding diaryl/α,β-unsaturated/α-hetero) is 1. The van der Waals surface area contributed by atoms with Gasteiger partial charge in [0.2, 0.25) is 0 Å². The molecule has 70 valence electrons. The molecule has 5 heteroatoms. The van der Waals surface area contributed by atoms with Crippen molar-refractivity contribution in [2.45, 2.75) is 25.6 Å². The zero-order valence-electron chi connectivity index (χ0n) is 6.52. The maximum absolute atomic E-state index is 12.0. The lowest BCUT2D eigenvalue weighted by atomic mass is 10.0. The third kappa shape index (κ3) is 1.97. The SMILES string of the molecule is CC(=O)C1CC(C(F)(F)F)CO1. The van der Waals surface area contributed by atoms with Crippen LogP contribution in [-0.2, 0) is 9.53 Å². The molecule has 0 saturated carbocycles. The molecule has 0 aromatic heterocycles. The van der Waals surface area contributed by atoms with E-state index in [2.05, 4.69) is 4.74 Å². The molecule has 1 heterocycles. The number of hydrogen-bond donors (Lipinski definition) is 0. The van der Waals surface area contributed by atoms with Crippen molar-refractivity contribution >= 4 is 5.78 Å². The fraction of sp³-hybridized carbons (Fsp3) is 0.857. The predicted molar refractivity (Wildman–Crippen MR) is 34.6 cm³/mol. The summed E-state index contributed by atoms with van der Waals surface area (Å²) in [6.07, 6.45) is -5.31. The first-order valence-electron chi connectivity index (χ1n) is 3.60. The number of carbonyl (C=O) groups excluding carboxylic acids is 1. The van der Waals surface area contributed by atoms with E-state index in [9.17, 15) is 18.0 Å². The number of carbonyl (C=O) groups is 1. The molecule has 0 aliphatic carbocycles. The van der Waals surface area contributed by atoms with Gasteiger partial charge in [0.15, 0.2) is 5.78 Å². The largest absolute Gasteiger partial charge is 0.394 e. The lowest BCUT2D eigenvalue weighted by molar-refractivity contribution is -0.173. The monoisotopic (exact) mass is 182 g/mol. The molecule has 0 radical (unpaired) electrons. The highest BCUT2D eigenvalue weighted by molar-refractivity contribution is 5.80. The molecule has 1 aliphatic rings. The summed E-state index contributed by atoms with van der Waals surface area (Å²) in [6.45, 7) is 0.858. The third-order valence-corrected chi connectivity index (χ3v) is 1.91. The molecule has 0 aromatic rings. The van der Waals surface area contributed by atoms with Gasteiger partial charge in [-0.15, -0.1) is 0 Å². The van der Waals surface area contributed by atoms with Crippen LogP contribution >= 0.6 is 0 Å². The fourth-order valence-corrected chi connectivity index (χ4v) is 1.14. The minimum absolute atomic E-state index is 0.223. The standard InChI is InChI=1S/C7H9F3O2/c1-4(11)6-2-5(3-12-6)7(8,9)10/h5-6H,2-3H2,1H3. The van der Waals surface area contributed by atoms with E-state index in [4.69, 9.17) is 0 Å². The van der Waals surface area contributed by atoms with E-state index in [0.29, 0.717) is 0 Å². The molecule has 2 unspecified atom stereocenters.